The van der Waals surface area contributed by atoms with Crippen LogP contribution in [0.2, 0.25) is 0 Å². The van der Waals surface area contributed by atoms with Gasteiger partial charge in [-0.25, -0.2) is 0 Å². The van der Waals surface area contributed by atoms with Crippen molar-refractivity contribution in [2.75, 3.05) is 13.1 Å². The third-order valence-electron chi connectivity index (χ3n) is 3.21. The van der Waals surface area contributed by atoms with Gasteiger partial charge in [0.1, 0.15) is 0 Å². The summed E-state index contributed by atoms with van der Waals surface area (Å²) < 4.78 is 0. The Morgan fingerprint density at radius 3 is 2.47 bits per heavy atom. The van der Waals surface area contributed by atoms with Crippen molar-refractivity contribution in [3.63, 3.8) is 0 Å². The van der Waals surface area contributed by atoms with E-state index in [1.54, 1.807) is 0 Å². The van der Waals surface area contributed by atoms with Crippen LogP contribution in [0.3, 0.4) is 0 Å². The Balaban J connectivity index is 2.48. The Labute approximate surface area is 93.0 Å². The molecule has 0 saturated heterocycles. The first-order valence-electron chi connectivity index (χ1n) is 6.14. The second kappa shape index (κ2) is 6.11. The van der Waals surface area contributed by atoms with Crippen LogP contribution in [0.4, 0.5) is 0 Å². The highest BCUT2D eigenvalue weighted by Crippen LogP contribution is 2.24. The first kappa shape index (κ1) is 12.5. The third kappa shape index (κ3) is 3.82. The van der Waals surface area contributed by atoms with Gasteiger partial charge in [-0.15, -0.1) is 0 Å². The Hall–Kier alpha value is -0.570. The molecule has 3 heteroatoms. The van der Waals surface area contributed by atoms with Crippen LogP contribution >= 0.6 is 0 Å². The molecule has 0 unspecified atom stereocenters. The molecule has 2 N–H and O–H groups in total. The maximum atomic E-state index is 11.7. The number of amides is 1. The average molecular weight is 212 g/mol. The summed E-state index contributed by atoms with van der Waals surface area (Å²) in [5.74, 6) is 0.780. The number of hydrogen-bond acceptors (Lipinski definition) is 2. The summed E-state index contributed by atoms with van der Waals surface area (Å²) in [6.45, 7) is 5.44. The summed E-state index contributed by atoms with van der Waals surface area (Å²) in [6, 6.07) is 0.472. The average Bonchev–Trinajstić information content (AvgIpc) is 2.70. The number of rotatable bonds is 5. The Morgan fingerprint density at radius 2 is 2.00 bits per heavy atom. The monoisotopic (exact) mass is 212 g/mol. The molecule has 0 bridgehead atoms. The Kier molecular flexibility index (Phi) is 5.09. The standard InChI is InChI=1S/C12H24N2O/c1-10(2)7-8-14(12(15)9-13)11-5-3-4-6-11/h10-11H,3-9,13H2,1-2H3. The molecule has 0 aliphatic heterocycles. The summed E-state index contributed by atoms with van der Waals surface area (Å²) >= 11 is 0. The number of nitrogens with two attached hydrogens (primary N) is 1. The van der Waals surface area contributed by atoms with E-state index in [4.69, 9.17) is 5.73 Å². The molecule has 3 nitrogen and oxygen atoms in total. The van der Waals surface area contributed by atoms with Gasteiger partial charge in [-0.3, -0.25) is 4.79 Å². The van der Waals surface area contributed by atoms with Gasteiger partial charge in [-0.1, -0.05) is 26.7 Å². The van der Waals surface area contributed by atoms with Gasteiger partial charge in [0.15, 0.2) is 0 Å². The number of carbonyl (C=O) groups is 1. The minimum atomic E-state index is 0.127. The zero-order chi connectivity index (χ0) is 11.3. The summed E-state index contributed by atoms with van der Waals surface area (Å²) in [6.07, 6.45) is 5.96. The molecule has 1 aliphatic rings. The zero-order valence-electron chi connectivity index (χ0n) is 10.0. The second-order valence-electron chi connectivity index (χ2n) is 4.91. The normalized spacial score (nSPS) is 17.3. The highest BCUT2D eigenvalue weighted by molar-refractivity contribution is 5.78. The van der Waals surface area contributed by atoms with E-state index in [-0.39, 0.29) is 12.5 Å². The van der Waals surface area contributed by atoms with E-state index in [1.807, 2.05) is 4.90 Å². The van der Waals surface area contributed by atoms with Gasteiger partial charge < -0.3 is 10.6 Å². The molecular formula is C12H24N2O. The molecule has 1 fully saturated rings. The zero-order valence-corrected chi connectivity index (χ0v) is 10.0. The van der Waals surface area contributed by atoms with E-state index in [2.05, 4.69) is 13.8 Å². The van der Waals surface area contributed by atoms with Crippen LogP contribution < -0.4 is 5.73 Å². The summed E-state index contributed by atoms with van der Waals surface area (Å²) in [7, 11) is 0. The van der Waals surface area contributed by atoms with Gasteiger partial charge in [-0.2, -0.15) is 0 Å². The van der Waals surface area contributed by atoms with E-state index in [0.717, 1.165) is 13.0 Å². The molecule has 1 amide bonds. The fourth-order valence-corrected chi connectivity index (χ4v) is 2.24. The van der Waals surface area contributed by atoms with Crippen molar-refractivity contribution < 1.29 is 4.79 Å². The number of nitrogens with zero attached hydrogens (tertiary/aromatic N) is 1. The topological polar surface area (TPSA) is 46.3 Å². The van der Waals surface area contributed by atoms with Gasteiger partial charge in [0.2, 0.25) is 5.91 Å². The first-order chi connectivity index (χ1) is 7.15. The molecule has 1 aliphatic carbocycles. The van der Waals surface area contributed by atoms with Crippen LogP contribution in [0.25, 0.3) is 0 Å². The Bertz CT molecular complexity index is 198. The molecule has 0 heterocycles. The van der Waals surface area contributed by atoms with Crippen molar-refractivity contribution >= 4 is 5.91 Å². The van der Waals surface area contributed by atoms with Gasteiger partial charge in [0.25, 0.3) is 0 Å². The lowest BCUT2D eigenvalue weighted by molar-refractivity contribution is -0.132. The van der Waals surface area contributed by atoms with E-state index < -0.39 is 0 Å². The second-order valence-corrected chi connectivity index (χ2v) is 4.91. The van der Waals surface area contributed by atoms with Crippen LogP contribution in [0.1, 0.15) is 46.0 Å². The van der Waals surface area contributed by atoms with Crippen molar-refractivity contribution in [2.45, 2.75) is 52.0 Å². The molecular weight excluding hydrogens is 188 g/mol. The van der Waals surface area contributed by atoms with E-state index in [0.29, 0.717) is 12.0 Å². The van der Waals surface area contributed by atoms with Gasteiger partial charge in [0.05, 0.1) is 6.54 Å². The maximum Gasteiger partial charge on any atom is 0.236 e. The van der Waals surface area contributed by atoms with Crippen LogP contribution in [0, 0.1) is 5.92 Å². The van der Waals surface area contributed by atoms with Gasteiger partial charge >= 0.3 is 0 Å². The van der Waals surface area contributed by atoms with E-state index in [1.165, 1.54) is 25.7 Å². The van der Waals surface area contributed by atoms with Crippen LogP contribution in [-0.4, -0.2) is 29.9 Å². The van der Waals surface area contributed by atoms with E-state index >= 15 is 0 Å². The van der Waals surface area contributed by atoms with Crippen LogP contribution in [0.5, 0.6) is 0 Å². The lowest BCUT2D eigenvalue weighted by atomic mass is 10.1. The Morgan fingerprint density at radius 1 is 1.40 bits per heavy atom. The van der Waals surface area contributed by atoms with Crippen molar-refractivity contribution in [3.05, 3.63) is 0 Å². The molecule has 0 aromatic heterocycles. The minimum absolute atomic E-state index is 0.127. The predicted molar refractivity (Wildman–Crippen MR) is 62.5 cm³/mol. The van der Waals surface area contributed by atoms with Crippen molar-refractivity contribution in [1.29, 1.82) is 0 Å². The maximum absolute atomic E-state index is 11.7. The van der Waals surface area contributed by atoms with Gasteiger partial charge in [0, 0.05) is 12.6 Å². The summed E-state index contributed by atoms with van der Waals surface area (Å²) in [5.41, 5.74) is 5.46. The van der Waals surface area contributed by atoms with Crippen molar-refractivity contribution in [1.82, 2.24) is 4.90 Å². The lowest BCUT2D eigenvalue weighted by Gasteiger charge is -2.29. The fourth-order valence-electron chi connectivity index (χ4n) is 2.24. The molecule has 1 saturated carbocycles. The largest absolute Gasteiger partial charge is 0.339 e. The molecule has 1 rings (SSSR count). The number of hydrogen-bond donors (Lipinski definition) is 1. The third-order valence-corrected chi connectivity index (χ3v) is 3.21. The lowest BCUT2D eigenvalue weighted by Crippen LogP contribution is -2.43. The smallest absolute Gasteiger partial charge is 0.236 e. The fraction of sp³-hybridized carbons (Fsp3) is 0.917. The molecule has 88 valence electrons. The SMILES string of the molecule is CC(C)CCN(C(=O)CN)C1CCCC1. The molecule has 0 aromatic rings. The van der Waals surface area contributed by atoms with E-state index in [9.17, 15) is 4.79 Å². The first-order valence-corrected chi connectivity index (χ1v) is 6.14. The number of carbonyl (C=O) groups excluding carboxylic acids is 1. The highest BCUT2D eigenvalue weighted by Gasteiger charge is 2.25. The van der Waals surface area contributed by atoms with Crippen molar-refractivity contribution in [2.24, 2.45) is 11.7 Å². The molecule has 0 atom stereocenters. The van der Waals surface area contributed by atoms with Gasteiger partial charge in [-0.05, 0) is 25.2 Å². The molecule has 0 spiro atoms. The molecule has 0 aromatic carbocycles. The van der Waals surface area contributed by atoms with Crippen LogP contribution in [-0.2, 0) is 4.79 Å². The predicted octanol–water partition coefficient (Wildman–Crippen LogP) is 1.76. The quantitative estimate of drug-likeness (QED) is 0.755. The summed E-state index contributed by atoms with van der Waals surface area (Å²) in [5, 5.41) is 0. The van der Waals surface area contributed by atoms with Crippen molar-refractivity contribution in [3.8, 4) is 0 Å². The van der Waals surface area contributed by atoms with Crippen LogP contribution in [0.15, 0.2) is 0 Å². The molecule has 0 radical (unpaired) electrons. The highest BCUT2D eigenvalue weighted by atomic mass is 16.2. The molecule has 15 heavy (non-hydrogen) atoms. The minimum Gasteiger partial charge on any atom is -0.339 e. The summed E-state index contributed by atoms with van der Waals surface area (Å²) in [4.78, 5) is 13.7.